The van der Waals surface area contributed by atoms with Crippen molar-refractivity contribution in [3.63, 3.8) is 0 Å². The average molecular weight is 552 g/mol. The van der Waals surface area contributed by atoms with Crippen LogP contribution in [-0.4, -0.2) is 52.3 Å². The van der Waals surface area contributed by atoms with Gasteiger partial charge in [-0.15, -0.1) is 0 Å². The Balaban J connectivity index is 1.23. The predicted molar refractivity (Wildman–Crippen MR) is 159 cm³/mol. The third-order valence-electron chi connectivity index (χ3n) is 7.59. The number of rotatable bonds is 7. The number of ether oxygens (including phenoxy) is 1. The maximum absolute atomic E-state index is 13.2. The first kappa shape index (κ1) is 26.7. The van der Waals surface area contributed by atoms with Gasteiger partial charge in [0, 0.05) is 46.8 Å². The van der Waals surface area contributed by atoms with Crippen molar-refractivity contribution in [1.29, 1.82) is 0 Å². The van der Waals surface area contributed by atoms with E-state index >= 15 is 0 Å². The van der Waals surface area contributed by atoms with Crippen LogP contribution in [0.25, 0.3) is 11.4 Å². The molecule has 1 fully saturated rings. The Morgan fingerprint density at radius 1 is 0.951 bits per heavy atom. The van der Waals surface area contributed by atoms with E-state index in [0.29, 0.717) is 28.2 Å². The zero-order valence-corrected chi connectivity index (χ0v) is 22.8. The number of carbonyl (C=O) groups excluding carboxylic acids is 1. The number of fused-ring (bicyclic) bond motifs is 1. The number of hydrogen-bond acceptors (Lipinski definition) is 9. The third-order valence-corrected chi connectivity index (χ3v) is 7.59. The molecule has 5 N–H and O–H groups in total. The highest BCUT2D eigenvalue weighted by Gasteiger charge is 2.18. The lowest BCUT2D eigenvalue weighted by molar-refractivity contribution is 0.102. The first-order chi connectivity index (χ1) is 20.1. The predicted octanol–water partition coefficient (Wildman–Crippen LogP) is 4.32. The van der Waals surface area contributed by atoms with E-state index in [1.807, 2.05) is 42.5 Å². The van der Waals surface area contributed by atoms with E-state index in [0.717, 1.165) is 56.9 Å². The largest absolute Gasteiger partial charge is 0.392 e. The molecule has 210 valence electrons. The van der Waals surface area contributed by atoms with Gasteiger partial charge in [0.1, 0.15) is 0 Å². The highest BCUT2D eigenvalue weighted by atomic mass is 16.5. The highest BCUT2D eigenvalue weighted by molar-refractivity contribution is 6.05. The van der Waals surface area contributed by atoms with Crippen LogP contribution in [0.3, 0.4) is 0 Å². The molecule has 0 radical (unpaired) electrons. The van der Waals surface area contributed by atoms with Gasteiger partial charge in [-0.25, -0.2) is 0 Å². The third kappa shape index (κ3) is 5.98. The zero-order valence-electron chi connectivity index (χ0n) is 22.8. The summed E-state index contributed by atoms with van der Waals surface area (Å²) in [7, 11) is 0. The molecule has 4 aromatic rings. The van der Waals surface area contributed by atoms with Gasteiger partial charge in [0.25, 0.3) is 5.91 Å². The number of nitrogens with two attached hydrogens (primary N) is 1. The molecular formula is C31H33N7O3. The summed E-state index contributed by atoms with van der Waals surface area (Å²) in [6, 6.07) is 19.2. The molecular weight excluding hydrogens is 518 g/mol. The fourth-order valence-electron chi connectivity index (χ4n) is 5.43. The maximum atomic E-state index is 13.2. The van der Waals surface area contributed by atoms with Crippen LogP contribution in [0.1, 0.15) is 39.9 Å². The number of anilines is 5. The minimum absolute atomic E-state index is 0.0369. The first-order valence-corrected chi connectivity index (χ1v) is 13.9. The van der Waals surface area contributed by atoms with Crippen LogP contribution in [0.2, 0.25) is 0 Å². The zero-order chi connectivity index (χ0) is 28.2. The van der Waals surface area contributed by atoms with E-state index < -0.39 is 0 Å². The molecule has 0 bridgehead atoms. The van der Waals surface area contributed by atoms with Gasteiger partial charge < -0.3 is 31.1 Å². The van der Waals surface area contributed by atoms with E-state index in [2.05, 4.69) is 30.5 Å². The summed E-state index contributed by atoms with van der Waals surface area (Å²) in [6.45, 7) is 2.84. The molecule has 10 heteroatoms. The Morgan fingerprint density at radius 2 is 1.73 bits per heavy atom. The first-order valence-electron chi connectivity index (χ1n) is 13.9. The monoisotopic (exact) mass is 551 g/mol. The number of aliphatic hydroxyl groups excluding tert-OH is 1. The van der Waals surface area contributed by atoms with Crippen LogP contribution in [0.5, 0.6) is 0 Å². The Labute approximate surface area is 238 Å². The summed E-state index contributed by atoms with van der Waals surface area (Å²) in [6.07, 6.45) is 4.37. The second-order valence-electron chi connectivity index (χ2n) is 10.2. The summed E-state index contributed by atoms with van der Waals surface area (Å²) in [5.41, 5.74) is 12.7. The van der Waals surface area contributed by atoms with Crippen LogP contribution in [0.4, 0.5) is 29.0 Å². The fourth-order valence-corrected chi connectivity index (χ4v) is 5.43. The number of aryl methyl sites for hydroxylation is 2. The van der Waals surface area contributed by atoms with Crippen molar-refractivity contribution >= 4 is 34.9 Å². The Kier molecular flexibility index (Phi) is 7.75. The topological polar surface area (TPSA) is 139 Å². The van der Waals surface area contributed by atoms with Crippen molar-refractivity contribution in [2.24, 2.45) is 0 Å². The number of aromatic nitrogens is 3. The molecule has 2 heterocycles. The fraction of sp³-hybridized carbons (Fsp3) is 0.290. The molecule has 0 unspecified atom stereocenters. The Bertz CT molecular complexity index is 1550. The molecule has 1 saturated heterocycles. The second kappa shape index (κ2) is 11.9. The molecule has 0 spiro atoms. The molecule has 3 aromatic carbocycles. The lowest BCUT2D eigenvalue weighted by Crippen LogP contribution is -2.36. The van der Waals surface area contributed by atoms with Gasteiger partial charge in [-0.3, -0.25) is 4.79 Å². The van der Waals surface area contributed by atoms with Crippen molar-refractivity contribution in [3.05, 3.63) is 82.9 Å². The molecule has 41 heavy (non-hydrogen) atoms. The molecule has 6 rings (SSSR count). The Hall–Kier alpha value is -4.54. The quantitative estimate of drug-likeness (QED) is 0.264. The SMILES string of the molecule is Nc1nc(Nc2ccc(N3CCOCC3)cc2)nc(-c2cccc(NC(=O)c3ccc4c(c3)CCCC4)c2CO)n1. The van der Waals surface area contributed by atoms with E-state index in [4.69, 9.17) is 10.5 Å². The lowest BCUT2D eigenvalue weighted by atomic mass is 9.90. The van der Waals surface area contributed by atoms with Gasteiger partial charge >= 0.3 is 0 Å². The molecule has 1 aliphatic carbocycles. The van der Waals surface area contributed by atoms with E-state index in [-0.39, 0.29) is 24.4 Å². The number of morpholine rings is 1. The average Bonchev–Trinajstić information content (AvgIpc) is 3.01. The molecule has 1 amide bonds. The van der Waals surface area contributed by atoms with Crippen LogP contribution in [0, 0.1) is 0 Å². The smallest absolute Gasteiger partial charge is 0.255 e. The van der Waals surface area contributed by atoms with Crippen molar-refractivity contribution in [1.82, 2.24) is 15.0 Å². The summed E-state index contributed by atoms with van der Waals surface area (Å²) >= 11 is 0. The lowest BCUT2D eigenvalue weighted by Gasteiger charge is -2.28. The van der Waals surface area contributed by atoms with Gasteiger partial charge in [0.2, 0.25) is 11.9 Å². The molecule has 0 saturated carbocycles. The van der Waals surface area contributed by atoms with E-state index in [1.54, 1.807) is 18.2 Å². The second-order valence-corrected chi connectivity index (χ2v) is 10.2. The van der Waals surface area contributed by atoms with Gasteiger partial charge in [-0.05, 0) is 79.3 Å². The number of nitrogens with zero attached hydrogens (tertiary/aromatic N) is 4. The molecule has 2 aliphatic rings. The van der Waals surface area contributed by atoms with Crippen LogP contribution < -0.4 is 21.3 Å². The highest BCUT2D eigenvalue weighted by Crippen LogP contribution is 2.30. The number of aliphatic hydroxyl groups is 1. The summed E-state index contributed by atoms with van der Waals surface area (Å²) < 4.78 is 5.44. The van der Waals surface area contributed by atoms with Crippen LogP contribution in [0.15, 0.2) is 60.7 Å². The van der Waals surface area contributed by atoms with Gasteiger partial charge in [-0.1, -0.05) is 18.2 Å². The van der Waals surface area contributed by atoms with Gasteiger partial charge in [-0.2, -0.15) is 15.0 Å². The maximum Gasteiger partial charge on any atom is 0.255 e. The normalized spacial score (nSPS) is 14.8. The van der Waals surface area contributed by atoms with E-state index in [1.165, 1.54) is 17.5 Å². The van der Waals surface area contributed by atoms with Crippen molar-refractivity contribution in [2.45, 2.75) is 32.3 Å². The van der Waals surface area contributed by atoms with Gasteiger partial charge in [0.15, 0.2) is 5.82 Å². The molecule has 1 aromatic heterocycles. The Morgan fingerprint density at radius 3 is 2.51 bits per heavy atom. The number of benzene rings is 3. The van der Waals surface area contributed by atoms with Crippen LogP contribution >= 0.6 is 0 Å². The number of nitrogens with one attached hydrogen (secondary N) is 2. The summed E-state index contributed by atoms with van der Waals surface area (Å²) in [5.74, 6) is 0.371. The number of hydrogen-bond donors (Lipinski definition) is 4. The van der Waals surface area contributed by atoms with Gasteiger partial charge in [0.05, 0.1) is 19.8 Å². The van der Waals surface area contributed by atoms with Crippen molar-refractivity contribution in [2.75, 3.05) is 47.6 Å². The van der Waals surface area contributed by atoms with E-state index in [9.17, 15) is 9.90 Å². The van der Waals surface area contributed by atoms with Crippen molar-refractivity contribution in [3.8, 4) is 11.4 Å². The summed E-state index contributed by atoms with van der Waals surface area (Å²) in [5, 5.41) is 16.5. The number of nitrogen functional groups attached to an aromatic ring is 1. The standard InChI is InChI=1S/C31H33N7O3/c32-30-35-28(36-31(37-30)33-23-10-12-24(13-11-23)38-14-16-41-17-15-38)25-6-3-7-27(26(25)19-39)34-29(40)22-9-8-20-4-1-2-5-21(20)18-22/h3,6-13,18,39H,1-2,4-5,14-17,19H2,(H,34,40)(H3,32,33,35,36,37). The van der Waals surface area contributed by atoms with Crippen molar-refractivity contribution < 1.29 is 14.6 Å². The molecule has 0 atom stereocenters. The number of amides is 1. The minimum Gasteiger partial charge on any atom is -0.392 e. The minimum atomic E-state index is -0.326. The molecule has 1 aliphatic heterocycles. The van der Waals surface area contributed by atoms with Crippen LogP contribution in [-0.2, 0) is 24.2 Å². The number of carbonyl (C=O) groups is 1. The summed E-state index contributed by atoms with van der Waals surface area (Å²) in [4.78, 5) is 28.6. The molecule has 10 nitrogen and oxygen atoms in total.